The smallest absolute Gasteiger partial charge is 0.260 e. The molecule has 4 nitrogen and oxygen atoms in total. The van der Waals surface area contributed by atoms with Gasteiger partial charge in [0.05, 0.1) is 10.6 Å². The van der Waals surface area contributed by atoms with Crippen LogP contribution >= 0.6 is 11.6 Å². The maximum atomic E-state index is 13.2. The molecule has 0 atom stereocenters. The maximum Gasteiger partial charge on any atom is 0.260 e. The summed E-state index contributed by atoms with van der Waals surface area (Å²) in [5.74, 6) is 0.286. The summed E-state index contributed by atoms with van der Waals surface area (Å²) in [7, 11) is -3.61. The molecular weight excluding hydrogens is 418 g/mol. The van der Waals surface area contributed by atoms with Gasteiger partial charge in [-0.2, -0.15) is 0 Å². The van der Waals surface area contributed by atoms with Crippen LogP contribution in [0.1, 0.15) is 64.7 Å². The Morgan fingerprint density at radius 3 is 1.93 bits per heavy atom. The van der Waals surface area contributed by atoms with Crippen molar-refractivity contribution in [1.29, 1.82) is 0 Å². The number of phenols is 1. The first-order valence-electron chi connectivity index (χ1n) is 10.1. The predicted octanol–water partition coefficient (Wildman–Crippen LogP) is 6.22. The Balaban J connectivity index is 2.09. The standard InChI is InChI=1S/C24H30ClNO3S/c1-23(2,3)20-14-16(15-21(22(20)27)24(4,5)6)13-19-11-12-26(30(19,28)29)18-9-7-17(25)8-10-18/h7-10,13-15,27H,11-12H2,1-6H3/b19-13-. The summed E-state index contributed by atoms with van der Waals surface area (Å²) in [6.07, 6.45) is 2.18. The summed E-state index contributed by atoms with van der Waals surface area (Å²) in [5, 5.41) is 11.5. The highest BCUT2D eigenvalue weighted by atomic mass is 35.5. The Labute approximate surface area is 185 Å². The zero-order valence-corrected chi connectivity index (χ0v) is 20.0. The van der Waals surface area contributed by atoms with E-state index < -0.39 is 10.0 Å². The monoisotopic (exact) mass is 447 g/mol. The third kappa shape index (κ3) is 4.37. The zero-order valence-electron chi connectivity index (χ0n) is 18.5. The van der Waals surface area contributed by atoms with Crippen LogP contribution < -0.4 is 4.31 Å². The molecule has 162 valence electrons. The summed E-state index contributed by atoms with van der Waals surface area (Å²) in [4.78, 5) is 0.378. The van der Waals surface area contributed by atoms with E-state index in [1.54, 1.807) is 30.3 Å². The van der Waals surface area contributed by atoms with Gasteiger partial charge in [0.2, 0.25) is 0 Å². The number of hydrogen-bond donors (Lipinski definition) is 1. The van der Waals surface area contributed by atoms with Crippen LogP contribution in [0.2, 0.25) is 5.02 Å². The highest BCUT2D eigenvalue weighted by Crippen LogP contribution is 2.41. The van der Waals surface area contributed by atoms with E-state index in [0.29, 0.717) is 28.6 Å². The molecule has 1 heterocycles. The van der Waals surface area contributed by atoms with Crippen molar-refractivity contribution in [2.24, 2.45) is 0 Å². The van der Waals surface area contributed by atoms with Crippen LogP contribution in [0.15, 0.2) is 41.3 Å². The van der Waals surface area contributed by atoms with Crippen LogP contribution in [0.25, 0.3) is 6.08 Å². The van der Waals surface area contributed by atoms with E-state index in [4.69, 9.17) is 11.6 Å². The van der Waals surface area contributed by atoms with Crippen LogP contribution in [-0.4, -0.2) is 20.1 Å². The lowest BCUT2D eigenvalue weighted by Crippen LogP contribution is -2.24. The summed E-state index contributed by atoms with van der Waals surface area (Å²) in [5.41, 5.74) is 2.47. The number of halogens is 1. The Morgan fingerprint density at radius 1 is 0.967 bits per heavy atom. The molecule has 2 aromatic carbocycles. The molecule has 0 amide bonds. The van der Waals surface area contributed by atoms with Crippen molar-refractivity contribution in [2.45, 2.75) is 58.8 Å². The van der Waals surface area contributed by atoms with Gasteiger partial charge in [0.1, 0.15) is 5.75 Å². The second kappa shape index (κ2) is 7.61. The average Bonchev–Trinajstić information content (AvgIpc) is 2.89. The Kier molecular flexibility index (Phi) is 5.76. The van der Waals surface area contributed by atoms with Gasteiger partial charge >= 0.3 is 0 Å². The second-order valence-electron chi connectivity index (χ2n) is 9.88. The molecule has 0 bridgehead atoms. The largest absolute Gasteiger partial charge is 0.507 e. The Hall–Kier alpha value is -1.98. The van der Waals surface area contributed by atoms with Gasteiger partial charge in [-0.3, -0.25) is 4.31 Å². The Bertz CT molecular complexity index is 1050. The minimum atomic E-state index is -3.61. The van der Waals surface area contributed by atoms with Gasteiger partial charge in [-0.1, -0.05) is 53.1 Å². The number of anilines is 1. The highest BCUT2D eigenvalue weighted by Gasteiger charge is 2.34. The molecule has 0 aliphatic carbocycles. The molecule has 1 aliphatic heterocycles. The number of rotatable bonds is 2. The third-order valence-corrected chi connectivity index (χ3v) is 7.58. The van der Waals surface area contributed by atoms with Crippen LogP contribution in [0.5, 0.6) is 5.75 Å². The normalized spacial score (nSPS) is 18.2. The van der Waals surface area contributed by atoms with Crippen molar-refractivity contribution in [3.05, 3.63) is 63.0 Å². The molecule has 0 spiro atoms. The van der Waals surface area contributed by atoms with Crippen LogP contribution in [0.3, 0.4) is 0 Å². The van der Waals surface area contributed by atoms with E-state index in [1.165, 1.54) is 4.31 Å². The molecule has 0 unspecified atom stereocenters. The lowest BCUT2D eigenvalue weighted by Gasteiger charge is -2.28. The SMILES string of the molecule is CC(C)(C)c1cc(/C=C2/CCN(c3ccc(Cl)cc3)S2(=O)=O)cc(C(C)(C)C)c1O. The molecule has 1 saturated heterocycles. The molecule has 1 N–H and O–H groups in total. The van der Waals surface area contributed by atoms with E-state index in [9.17, 15) is 13.5 Å². The van der Waals surface area contributed by atoms with Gasteiger partial charge in [-0.15, -0.1) is 0 Å². The number of hydrogen-bond acceptors (Lipinski definition) is 3. The lowest BCUT2D eigenvalue weighted by molar-refractivity contribution is 0.423. The fourth-order valence-electron chi connectivity index (χ4n) is 3.69. The van der Waals surface area contributed by atoms with Crippen molar-refractivity contribution in [3.8, 4) is 5.75 Å². The quantitative estimate of drug-likeness (QED) is 0.594. The lowest BCUT2D eigenvalue weighted by atomic mass is 9.78. The fraction of sp³-hybridized carbons (Fsp3) is 0.417. The van der Waals surface area contributed by atoms with E-state index in [0.717, 1.165) is 16.7 Å². The highest BCUT2D eigenvalue weighted by molar-refractivity contribution is 7.97. The fourth-order valence-corrected chi connectivity index (χ4v) is 5.47. The number of phenolic OH excluding ortho intramolecular Hbond substituents is 1. The molecule has 1 aliphatic rings. The topological polar surface area (TPSA) is 57.6 Å². The van der Waals surface area contributed by atoms with E-state index >= 15 is 0 Å². The van der Waals surface area contributed by atoms with Crippen LogP contribution in [0.4, 0.5) is 5.69 Å². The number of aromatic hydroxyl groups is 1. The van der Waals surface area contributed by atoms with Gasteiger partial charge in [-0.25, -0.2) is 8.42 Å². The first-order chi connectivity index (χ1) is 13.7. The van der Waals surface area contributed by atoms with Gasteiger partial charge in [-0.05, 0) is 58.9 Å². The molecule has 30 heavy (non-hydrogen) atoms. The van der Waals surface area contributed by atoms with Crippen LogP contribution in [0, 0.1) is 0 Å². The van der Waals surface area contributed by atoms with Crippen LogP contribution in [-0.2, 0) is 20.9 Å². The molecule has 1 fully saturated rings. The van der Waals surface area contributed by atoms with Crippen molar-refractivity contribution in [1.82, 2.24) is 0 Å². The van der Waals surface area contributed by atoms with E-state index in [1.807, 2.05) is 53.7 Å². The Morgan fingerprint density at radius 2 is 1.47 bits per heavy atom. The maximum absolute atomic E-state index is 13.2. The summed E-state index contributed by atoms with van der Waals surface area (Å²) in [6.45, 7) is 12.6. The molecule has 0 saturated carbocycles. The van der Waals surface area contributed by atoms with Gasteiger partial charge < -0.3 is 5.11 Å². The van der Waals surface area contributed by atoms with E-state index in [-0.39, 0.29) is 16.6 Å². The summed E-state index contributed by atoms with van der Waals surface area (Å²) < 4.78 is 27.8. The predicted molar refractivity (Wildman–Crippen MR) is 126 cm³/mol. The number of sulfonamides is 1. The summed E-state index contributed by atoms with van der Waals surface area (Å²) >= 11 is 5.94. The van der Waals surface area contributed by atoms with Gasteiger partial charge in [0.15, 0.2) is 0 Å². The second-order valence-corrected chi connectivity index (χ2v) is 12.2. The number of benzene rings is 2. The molecule has 3 rings (SSSR count). The minimum Gasteiger partial charge on any atom is -0.507 e. The average molecular weight is 448 g/mol. The van der Waals surface area contributed by atoms with Crippen molar-refractivity contribution in [2.75, 3.05) is 10.8 Å². The van der Waals surface area contributed by atoms with Crippen molar-refractivity contribution in [3.63, 3.8) is 0 Å². The van der Waals surface area contributed by atoms with Gasteiger partial charge in [0, 0.05) is 29.1 Å². The molecule has 2 aromatic rings. The first kappa shape index (κ1) is 22.7. The third-order valence-electron chi connectivity index (χ3n) is 5.37. The zero-order chi connectivity index (χ0) is 22.5. The van der Waals surface area contributed by atoms with Gasteiger partial charge in [0.25, 0.3) is 10.0 Å². The number of nitrogens with zero attached hydrogens (tertiary/aromatic N) is 1. The van der Waals surface area contributed by atoms with Crippen molar-refractivity contribution >= 4 is 33.4 Å². The molecular formula is C24H30ClNO3S. The minimum absolute atomic E-state index is 0.275. The van der Waals surface area contributed by atoms with Crippen molar-refractivity contribution < 1.29 is 13.5 Å². The molecule has 0 radical (unpaired) electrons. The first-order valence-corrected chi connectivity index (χ1v) is 11.9. The summed E-state index contributed by atoms with van der Waals surface area (Å²) in [6, 6.07) is 10.6. The molecule has 0 aromatic heterocycles. The van der Waals surface area contributed by atoms with E-state index in [2.05, 4.69) is 0 Å². The molecule has 6 heteroatoms.